The Balaban J connectivity index is 1.66. The van der Waals surface area contributed by atoms with Gasteiger partial charge in [-0.2, -0.15) is 0 Å². The Morgan fingerprint density at radius 2 is 2.00 bits per heavy atom. The summed E-state index contributed by atoms with van der Waals surface area (Å²) in [7, 11) is 0. The molecule has 2 aliphatic rings. The molecule has 0 radical (unpaired) electrons. The lowest BCUT2D eigenvalue weighted by atomic mass is 9.98. The molecule has 1 aromatic carbocycles. The molecule has 2 aliphatic heterocycles. The number of hydrogen-bond acceptors (Lipinski definition) is 4. The van der Waals surface area contributed by atoms with Gasteiger partial charge in [0.2, 0.25) is 0 Å². The van der Waals surface area contributed by atoms with Crippen LogP contribution in [-0.2, 0) is 4.84 Å². The third-order valence-corrected chi connectivity index (χ3v) is 4.78. The second-order valence-electron chi connectivity index (χ2n) is 6.32. The lowest BCUT2D eigenvalue weighted by molar-refractivity contribution is 0.0828. The van der Waals surface area contributed by atoms with Crippen molar-refractivity contribution in [2.45, 2.75) is 25.1 Å². The third kappa shape index (κ3) is 3.11. The highest BCUT2D eigenvalue weighted by atomic mass is 35.5. The number of amidine groups is 1. The van der Waals surface area contributed by atoms with Crippen molar-refractivity contribution >= 4 is 17.4 Å². The van der Waals surface area contributed by atoms with Crippen molar-refractivity contribution in [3.05, 3.63) is 52.8 Å². The monoisotopic (exact) mass is 381 g/mol. The van der Waals surface area contributed by atoms with Gasteiger partial charge in [-0.1, -0.05) is 22.8 Å². The standard InChI is InChI=1S/C18H15ClF3N3O/c19-10-6-12(17-13(21)2-1-3-14(17)22)18(23-8-10)15-7-16(24-26-15)25-5-4-11(20)9-25/h1-3,6,8,11,15H,4-5,7,9H2/t11-,15?/m1/s1. The van der Waals surface area contributed by atoms with E-state index in [1.165, 1.54) is 30.5 Å². The Bertz CT molecular complexity index is 857. The Hall–Kier alpha value is -2.28. The SMILES string of the molecule is Fc1cccc(F)c1-c1cc(Cl)cnc1C1CC(N2CC[C@@H](F)C2)=NO1. The van der Waals surface area contributed by atoms with Gasteiger partial charge >= 0.3 is 0 Å². The normalized spacial score (nSPS) is 22.5. The van der Waals surface area contributed by atoms with Gasteiger partial charge in [-0.3, -0.25) is 4.98 Å². The largest absolute Gasteiger partial charge is 0.384 e. The van der Waals surface area contributed by atoms with Crippen LogP contribution in [0.4, 0.5) is 13.2 Å². The predicted octanol–water partition coefficient (Wildman–Crippen LogP) is 4.50. The summed E-state index contributed by atoms with van der Waals surface area (Å²) in [5.74, 6) is -0.810. The van der Waals surface area contributed by atoms with Crippen LogP contribution in [0.25, 0.3) is 11.1 Å². The Kier molecular flexibility index (Phi) is 4.48. The quantitative estimate of drug-likeness (QED) is 0.768. The first-order valence-corrected chi connectivity index (χ1v) is 8.62. The van der Waals surface area contributed by atoms with Crippen LogP contribution in [0.3, 0.4) is 0 Å². The number of aromatic nitrogens is 1. The fourth-order valence-corrected chi connectivity index (χ4v) is 3.47. The summed E-state index contributed by atoms with van der Waals surface area (Å²) in [5.41, 5.74) is 0.354. The Labute approximate surface area is 153 Å². The van der Waals surface area contributed by atoms with E-state index in [0.717, 1.165) is 0 Å². The summed E-state index contributed by atoms with van der Waals surface area (Å²) in [6.45, 7) is 0.844. The molecule has 4 nitrogen and oxygen atoms in total. The van der Waals surface area contributed by atoms with Crippen molar-refractivity contribution < 1.29 is 18.0 Å². The molecule has 8 heteroatoms. The number of nitrogens with zero attached hydrogens (tertiary/aromatic N) is 3. The fraction of sp³-hybridized carbons (Fsp3) is 0.333. The van der Waals surface area contributed by atoms with Crippen LogP contribution in [0, 0.1) is 11.6 Å². The summed E-state index contributed by atoms with van der Waals surface area (Å²) in [4.78, 5) is 11.5. The molecule has 0 amide bonds. The molecule has 1 fully saturated rings. The number of halogens is 4. The zero-order valence-corrected chi connectivity index (χ0v) is 14.4. The molecule has 3 heterocycles. The minimum absolute atomic E-state index is 0.209. The summed E-state index contributed by atoms with van der Waals surface area (Å²) in [5, 5.41) is 4.28. The van der Waals surface area contributed by atoms with Crippen LogP contribution in [0.5, 0.6) is 0 Å². The molecule has 0 spiro atoms. The van der Waals surface area contributed by atoms with E-state index in [2.05, 4.69) is 10.1 Å². The van der Waals surface area contributed by atoms with Crippen LogP contribution in [-0.4, -0.2) is 35.0 Å². The summed E-state index contributed by atoms with van der Waals surface area (Å²) in [6.07, 6.45) is 0.704. The van der Waals surface area contributed by atoms with Crippen LogP contribution in [0.2, 0.25) is 5.02 Å². The van der Waals surface area contributed by atoms with Crippen molar-refractivity contribution in [1.82, 2.24) is 9.88 Å². The first-order chi connectivity index (χ1) is 12.5. The minimum atomic E-state index is -0.881. The molecule has 1 aromatic heterocycles. The topological polar surface area (TPSA) is 37.7 Å². The number of alkyl halides is 1. The second-order valence-corrected chi connectivity index (χ2v) is 6.76. The van der Waals surface area contributed by atoms with Gasteiger partial charge in [0.1, 0.15) is 23.6 Å². The number of hydrogen-bond donors (Lipinski definition) is 0. The van der Waals surface area contributed by atoms with Crippen LogP contribution in [0.15, 0.2) is 35.6 Å². The molecule has 4 rings (SSSR count). The van der Waals surface area contributed by atoms with Gasteiger partial charge in [0.25, 0.3) is 0 Å². The van der Waals surface area contributed by atoms with E-state index in [-0.39, 0.29) is 22.7 Å². The average Bonchev–Trinajstić information content (AvgIpc) is 3.24. The molecular formula is C18H15ClF3N3O. The van der Waals surface area contributed by atoms with E-state index < -0.39 is 23.9 Å². The zero-order chi connectivity index (χ0) is 18.3. The first kappa shape index (κ1) is 17.1. The second kappa shape index (κ2) is 6.79. The molecule has 0 bridgehead atoms. The number of likely N-dealkylation sites (tertiary alicyclic amines) is 1. The number of oxime groups is 1. The molecule has 1 saturated heterocycles. The summed E-state index contributed by atoms with van der Waals surface area (Å²) < 4.78 is 42.0. The van der Waals surface area contributed by atoms with Gasteiger partial charge in [-0.05, 0) is 24.6 Å². The predicted molar refractivity (Wildman–Crippen MR) is 91.6 cm³/mol. The number of pyridine rings is 1. The van der Waals surface area contributed by atoms with E-state index in [0.29, 0.717) is 30.9 Å². The maximum absolute atomic E-state index is 14.3. The smallest absolute Gasteiger partial charge is 0.177 e. The molecule has 1 unspecified atom stereocenters. The van der Waals surface area contributed by atoms with Crippen molar-refractivity contribution in [2.75, 3.05) is 13.1 Å². The maximum Gasteiger partial charge on any atom is 0.177 e. The minimum Gasteiger partial charge on any atom is -0.384 e. The van der Waals surface area contributed by atoms with Crippen LogP contribution in [0.1, 0.15) is 24.6 Å². The van der Waals surface area contributed by atoms with Gasteiger partial charge in [0.05, 0.1) is 29.2 Å². The molecular weight excluding hydrogens is 367 g/mol. The highest BCUT2D eigenvalue weighted by Crippen LogP contribution is 2.37. The van der Waals surface area contributed by atoms with Gasteiger partial charge in [-0.25, -0.2) is 13.2 Å². The lowest BCUT2D eigenvalue weighted by Gasteiger charge is -2.17. The zero-order valence-electron chi connectivity index (χ0n) is 13.6. The van der Waals surface area contributed by atoms with E-state index in [4.69, 9.17) is 16.4 Å². The lowest BCUT2D eigenvalue weighted by Crippen LogP contribution is -2.28. The molecule has 136 valence electrons. The van der Waals surface area contributed by atoms with Gasteiger partial charge < -0.3 is 9.74 Å². The van der Waals surface area contributed by atoms with Crippen molar-refractivity contribution in [3.8, 4) is 11.1 Å². The van der Waals surface area contributed by atoms with Gasteiger partial charge in [0, 0.05) is 18.3 Å². The first-order valence-electron chi connectivity index (χ1n) is 8.24. The van der Waals surface area contributed by atoms with Crippen molar-refractivity contribution in [1.29, 1.82) is 0 Å². The van der Waals surface area contributed by atoms with Crippen molar-refractivity contribution in [3.63, 3.8) is 0 Å². The van der Waals surface area contributed by atoms with Gasteiger partial charge in [0.15, 0.2) is 6.10 Å². The van der Waals surface area contributed by atoms with E-state index >= 15 is 0 Å². The molecule has 0 aliphatic carbocycles. The summed E-state index contributed by atoms with van der Waals surface area (Å²) in [6, 6.07) is 5.10. The molecule has 0 N–H and O–H groups in total. The molecule has 26 heavy (non-hydrogen) atoms. The summed E-state index contributed by atoms with van der Waals surface area (Å²) >= 11 is 6.00. The molecule has 2 aromatic rings. The van der Waals surface area contributed by atoms with Crippen molar-refractivity contribution in [2.24, 2.45) is 5.16 Å². The molecule has 0 saturated carbocycles. The number of benzene rings is 1. The highest BCUT2D eigenvalue weighted by molar-refractivity contribution is 6.30. The third-order valence-electron chi connectivity index (χ3n) is 4.57. The highest BCUT2D eigenvalue weighted by Gasteiger charge is 2.34. The fourth-order valence-electron chi connectivity index (χ4n) is 3.31. The van der Waals surface area contributed by atoms with Crippen LogP contribution >= 0.6 is 11.6 Å². The number of rotatable bonds is 2. The Morgan fingerprint density at radius 1 is 1.23 bits per heavy atom. The average molecular weight is 382 g/mol. The van der Waals surface area contributed by atoms with Gasteiger partial charge in [-0.15, -0.1) is 0 Å². The van der Waals surface area contributed by atoms with E-state index in [1.807, 2.05) is 4.90 Å². The maximum atomic E-state index is 14.3. The van der Waals surface area contributed by atoms with E-state index in [1.54, 1.807) is 0 Å². The Morgan fingerprint density at radius 3 is 2.69 bits per heavy atom. The van der Waals surface area contributed by atoms with Crippen LogP contribution < -0.4 is 0 Å². The van der Waals surface area contributed by atoms with E-state index in [9.17, 15) is 13.2 Å². The molecule has 2 atom stereocenters.